The fraction of sp³-hybridized carbons (Fsp3) is 0.400. The van der Waals surface area contributed by atoms with Gasteiger partial charge in [-0.05, 0) is 25.5 Å². The number of rotatable bonds is 5. The molecule has 1 aromatic heterocycles. The van der Waals surface area contributed by atoms with Crippen LogP contribution in [0.25, 0.3) is 10.6 Å². The van der Waals surface area contributed by atoms with Crippen molar-refractivity contribution in [1.82, 2.24) is 20.5 Å². The molecule has 2 aliphatic heterocycles. The molecule has 4 amide bonds. The SMILES string of the molecule is COc1cccc(-c2nc3c(s2)CN(C(=O)CC[C@]2(C)NC(=O)NC2=O)CC3)c1. The van der Waals surface area contributed by atoms with Crippen molar-refractivity contribution in [2.45, 2.75) is 38.3 Å². The van der Waals surface area contributed by atoms with Crippen LogP contribution in [-0.4, -0.2) is 46.9 Å². The predicted molar refractivity (Wildman–Crippen MR) is 108 cm³/mol. The Morgan fingerprint density at radius 1 is 1.38 bits per heavy atom. The molecular weight excluding hydrogens is 392 g/mol. The lowest BCUT2D eigenvalue weighted by atomic mass is 9.95. The number of fused-ring (bicyclic) bond motifs is 1. The van der Waals surface area contributed by atoms with E-state index in [0.717, 1.165) is 26.9 Å². The summed E-state index contributed by atoms with van der Waals surface area (Å²) in [6.07, 6.45) is 1.17. The summed E-state index contributed by atoms with van der Waals surface area (Å²) in [7, 11) is 1.64. The molecule has 0 aliphatic carbocycles. The minimum Gasteiger partial charge on any atom is -0.497 e. The molecule has 0 unspecified atom stereocenters. The number of urea groups is 1. The molecule has 9 heteroatoms. The molecule has 3 heterocycles. The molecule has 8 nitrogen and oxygen atoms in total. The van der Waals surface area contributed by atoms with Crippen LogP contribution in [0.4, 0.5) is 4.79 Å². The Balaban J connectivity index is 1.42. The number of ether oxygens (including phenoxy) is 1. The van der Waals surface area contributed by atoms with Crippen molar-refractivity contribution < 1.29 is 19.1 Å². The van der Waals surface area contributed by atoms with Crippen molar-refractivity contribution in [2.24, 2.45) is 0 Å². The molecule has 0 radical (unpaired) electrons. The monoisotopic (exact) mass is 414 g/mol. The van der Waals surface area contributed by atoms with Gasteiger partial charge < -0.3 is 15.0 Å². The quantitative estimate of drug-likeness (QED) is 0.730. The van der Waals surface area contributed by atoms with Crippen molar-refractivity contribution in [3.63, 3.8) is 0 Å². The number of nitrogens with zero attached hydrogens (tertiary/aromatic N) is 2. The van der Waals surface area contributed by atoms with Gasteiger partial charge in [0.2, 0.25) is 5.91 Å². The topological polar surface area (TPSA) is 101 Å². The van der Waals surface area contributed by atoms with Crippen LogP contribution in [0.2, 0.25) is 0 Å². The van der Waals surface area contributed by atoms with Crippen molar-refractivity contribution in [3.05, 3.63) is 34.8 Å². The highest BCUT2D eigenvalue weighted by atomic mass is 32.1. The van der Waals surface area contributed by atoms with Gasteiger partial charge in [0.15, 0.2) is 0 Å². The van der Waals surface area contributed by atoms with Crippen molar-refractivity contribution in [1.29, 1.82) is 0 Å². The molecular formula is C20H22N4O4S. The second-order valence-electron chi connectivity index (χ2n) is 7.43. The van der Waals surface area contributed by atoms with E-state index in [9.17, 15) is 14.4 Å². The minimum atomic E-state index is -1.03. The first-order valence-corrected chi connectivity index (χ1v) is 10.2. The molecule has 2 N–H and O–H groups in total. The average Bonchev–Trinajstić information content (AvgIpc) is 3.25. The Morgan fingerprint density at radius 2 is 2.21 bits per heavy atom. The second-order valence-corrected chi connectivity index (χ2v) is 8.51. The van der Waals surface area contributed by atoms with Gasteiger partial charge >= 0.3 is 6.03 Å². The first-order valence-electron chi connectivity index (χ1n) is 9.42. The maximum absolute atomic E-state index is 12.7. The summed E-state index contributed by atoms with van der Waals surface area (Å²) in [6, 6.07) is 7.27. The zero-order chi connectivity index (χ0) is 20.6. The van der Waals surface area contributed by atoms with E-state index < -0.39 is 11.6 Å². The molecule has 2 aliphatic rings. The van der Waals surface area contributed by atoms with E-state index >= 15 is 0 Å². The zero-order valence-corrected chi connectivity index (χ0v) is 17.1. The fourth-order valence-electron chi connectivity index (χ4n) is 3.56. The lowest BCUT2D eigenvalue weighted by Crippen LogP contribution is -2.45. The van der Waals surface area contributed by atoms with Gasteiger partial charge in [-0.1, -0.05) is 12.1 Å². The lowest BCUT2D eigenvalue weighted by Gasteiger charge is -2.27. The average molecular weight is 414 g/mol. The maximum atomic E-state index is 12.7. The van der Waals surface area contributed by atoms with Gasteiger partial charge in [-0.25, -0.2) is 9.78 Å². The molecule has 4 rings (SSSR count). The van der Waals surface area contributed by atoms with E-state index in [2.05, 4.69) is 10.6 Å². The van der Waals surface area contributed by atoms with Crippen LogP contribution in [0.1, 0.15) is 30.3 Å². The number of aromatic nitrogens is 1. The van der Waals surface area contributed by atoms with Crippen molar-refractivity contribution >= 4 is 29.2 Å². The van der Waals surface area contributed by atoms with Crippen LogP contribution in [0, 0.1) is 0 Å². The Hall–Kier alpha value is -2.94. The van der Waals surface area contributed by atoms with Crippen LogP contribution >= 0.6 is 11.3 Å². The lowest BCUT2D eigenvalue weighted by molar-refractivity contribution is -0.132. The molecule has 0 saturated carbocycles. The fourth-order valence-corrected chi connectivity index (χ4v) is 4.68. The first-order chi connectivity index (χ1) is 13.9. The third-order valence-corrected chi connectivity index (χ3v) is 6.49. The number of nitrogens with one attached hydrogen (secondary N) is 2. The molecule has 1 saturated heterocycles. The van der Waals surface area contributed by atoms with Gasteiger partial charge in [-0.3, -0.25) is 14.9 Å². The zero-order valence-electron chi connectivity index (χ0n) is 16.3. The van der Waals surface area contributed by atoms with Gasteiger partial charge in [0.25, 0.3) is 5.91 Å². The summed E-state index contributed by atoms with van der Waals surface area (Å²) in [5.41, 5.74) is 1.00. The van der Waals surface area contributed by atoms with Crippen LogP contribution in [0.3, 0.4) is 0 Å². The predicted octanol–water partition coefficient (Wildman–Crippen LogP) is 2.08. The molecule has 1 fully saturated rings. The molecule has 1 atom stereocenters. The highest BCUT2D eigenvalue weighted by Gasteiger charge is 2.42. The third-order valence-electron chi connectivity index (χ3n) is 5.36. The van der Waals surface area contributed by atoms with E-state index in [1.165, 1.54) is 0 Å². The summed E-state index contributed by atoms with van der Waals surface area (Å²) < 4.78 is 5.29. The van der Waals surface area contributed by atoms with Gasteiger partial charge in [-0.15, -0.1) is 11.3 Å². The van der Waals surface area contributed by atoms with Crippen LogP contribution in [-0.2, 0) is 22.6 Å². The molecule has 2 aromatic rings. The highest BCUT2D eigenvalue weighted by Crippen LogP contribution is 2.33. The van der Waals surface area contributed by atoms with Crippen LogP contribution in [0.5, 0.6) is 5.75 Å². The number of benzene rings is 1. The summed E-state index contributed by atoms with van der Waals surface area (Å²) in [6.45, 7) is 2.76. The number of carbonyl (C=O) groups is 3. The summed E-state index contributed by atoms with van der Waals surface area (Å²) in [5, 5.41) is 5.73. The van der Waals surface area contributed by atoms with Crippen molar-refractivity contribution in [2.75, 3.05) is 13.7 Å². The molecule has 152 valence electrons. The number of hydrogen-bond donors (Lipinski definition) is 2. The van der Waals surface area contributed by atoms with E-state index in [1.807, 2.05) is 24.3 Å². The normalized spacial score (nSPS) is 20.8. The van der Waals surface area contributed by atoms with Gasteiger partial charge in [-0.2, -0.15) is 0 Å². The molecule has 29 heavy (non-hydrogen) atoms. The number of thiazole rings is 1. The van der Waals surface area contributed by atoms with Crippen LogP contribution in [0.15, 0.2) is 24.3 Å². The molecule has 0 bridgehead atoms. The van der Waals surface area contributed by atoms with E-state index in [4.69, 9.17) is 9.72 Å². The molecule has 1 aromatic carbocycles. The first kappa shape index (κ1) is 19.4. The van der Waals surface area contributed by atoms with Gasteiger partial charge in [0.1, 0.15) is 16.3 Å². The van der Waals surface area contributed by atoms with Crippen molar-refractivity contribution in [3.8, 4) is 16.3 Å². The van der Waals surface area contributed by atoms with Gasteiger partial charge in [0, 0.05) is 29.8 Å². The molecule has 0 spiro atoms. The summed E-state index contributed by atoms with van der Waals surface area (Å²) >= 11 is 1.59. The smallest absolute Gasteiger partial charge is 0.322 e. The number of carbonyl (C=O) groups excluding carboxylic acids is 3. The van der Waals surface area contributed by atoms with E-state index in [1.54, 1.807) is 30.3 Å². The Bertz CT molecular complexity index is 989. The Labute approximate surface area is 172 Å². The standard InChI is InChI=1S/C20H22N4O4S/c1-20(18(26)22-19(27)23-20)8-6-16(25)24-9-7-14-15(11-24)29-17(21-14)12-4-3-5-13(10-12)28-2/h3-5,10H,6-9,11H2,1-2H3,(H2,22,23,26,27)/t20-/m0/s1. The summed E-state index contributed by atoms with van der Waals surface area (Å²) in [4.78, 5) is 43.6. The van der Waals surface area contributed by atoms with Crippen LogP contribution < -0.4 is 15.4 Å². The highest BCUT2D eigenvalue weighted by molar-refractivity contribution is 7.15. The largest absolute Gasteiger partial charge is 0.497 e. The maximum Gasteiger partial charge on any atom is 0.322 e. The number of imide groups is 1. The summed E-state index contributed by atoms with van der Waals surface area (Å²) in [5.74, 6) is 0.368. The number of amides is 4. The van der Waals surface area contributed by atoms with E-state index in [0.29, 0.717) is 19.5 Å². The Kier molecular flexibility index (Phi) is 4.99. The third kappa shape index (κ3) is 3.82. The van der Waals surface area contributed by atoms with E-state index in [-0.39, 0.29) is 24.7 Å². The van der Waals surface area contributed by atoms with Gasteiger partial charge in [0.05, 0.1) is 19.3 Å². The minimum absolute atomic E-state index is 0.0258. The second kappa shape index (κ2) is 7.47. The number of hydrogen-bond acceptors (Lipinski definition) is 6. The Morgan fingerprint density at radius 3 is 2.93 bits per heavy atom. The number of methoxy groups -OCH3 is 1.